The van der Waals surface area contributed by atoms with Gasteiger partial charge in [0, 0.05) is 6.54 Å². The Labute approximate surface area is 81.4 Å². The summed E-state index contributed by atoms with van der Waals surface area (Å²) in [7, 11) is 1.14. The standard InChI is InChI=1S/C7H16NO6/c1-8(14)2-4(10)6(12)7(13)5(11)3-9/h4-7,9-13H,2-3H2,1H3/q-1/t4?,5-,6?,7?/m1/s1. The molecule has 14 heavy (non-hydrogen) atoms. The molecule has 0 aromatic carbocycles. The second kappa shape index (κ2) is 6.25. The molecule has 0 fully saturated rings. The fourth-order valence-electron chi connectivity index (χ4n) is 0.935. The van der Waals surface area contributed by atoms with Crippen LogP contribution in [0.1, 0.15) is 0 Å². The Hall–Kier alpha value is -0.280. The zero-order valence-corrected chi connectivity index (χ0v) is 7.82. The fraction of sp³-hybridized carbons (Fsp3) is 1.00. The Bertz CT molecular complexity index is 155. The molecule has 0 aromatic heterocycles. The average molecular weight is 210 g/mol. The third-order valence-corrected chi connectivity index (χ3v) is 1.77. The van der Waals surface area contributed by atoms with Gasteiger partial charge in [-0.1, -0.05) is 0 Å². The molecule has 7 heteroatoms. The van der Waals surface area contributed by atoms with Crippen molar-refractivity contribution in [3.8, 4) is 0 Å². The molecule has 86 valence electrons. The van der Waals surface area contributed by atoms with Crippen LogP contribution >= 0.6 is 0 Å². The summed E-state index contributed by atoms with van der Waals surface area (Å²) in [4.78, 5) is 0. The highest BCUT2D eigenvalue weighted by molar-refractivity contribution is 4.81. The van der Waals surface area contributed by atoms with Crippen molar-refractivity contribution in [2.75, 3.05) is 20.2 Å². The van der Waals surface area contributed by atoms with E-state index < -0.39 is 37.6 Å². The predicted molar refractivity (Wildman–Crippen MR) is 47.1 cm³/mol. The summed E-state index contributed by atoms with van der Waals surface area (Å²) in [5.41, 5.74) is 0. The minimum atomic E-state index is -1.69. The summed E-state index contributed by atoms with van der Waals surface area (Å²) >= 11 is 0. The number of rotatable bonds is 6. The Morgan fingerprint density at radius 2 is 1.50 bits per heavy atom. The van der Waals surface area contributed by atoms with Crippen LogP contribution in [0.15, 0.2) is 0 Å². The maximum atomic E-state index is 10.5. The first-order valence-corrected chi connectivity index (χ1v) is 4.11. The van der Waals surface area contributed by atoms with E-state index in [2.05, 4.69) is 0 Å². The van der Waals surface area contributed by atoms with Crippen LogP contribution < -0.4 is 0 Å². The van der Waals surface area contributed by atoms with E-state index in [1.807, 2.05) is 0 Å². The van der Waals surface area contributed by atoms with Crippen molar-refractivity contribution in [1.29, 1.82) is 0 Å². The molecule has 0 spiro atoms. The smallest absolute Gasteiger partial charge is 0.111 e. The molecule has 5 N–H and O–H groups in total. The van der Waals surface area contributed by atoms with Gasteiger partial charge in [0.2, 0.25) is 0 Å². The zero-order valence-electron chi connectivity index (χ0n) is 7.82. The molecule has 0 saturated heterocycles. The maximum Gasteiger partial charge on any atom is 0.111 e. The van der Waals surface area contributed by atoms with Crippen LogP contribution in [0.3, 0.4) is 0 Å². The van der Waals surface area contributed by atoms with Gasteiger partial charge in [-0.2, -0.15) is 0 Å². The highest BCUT2D eigenvalue weighted by atomic mass is 16.5. The number of aliphatic hydroxyl groups is 5. The van der Waals surface area contributed by atoms with Crippen LogP contribution in [0.25, 0.3) is 0 Å². The summed E-state index contributed by atoms with van der Waals surface area (Å²) in [5.74, 6) is 0. The lowest BCUT2D eigenvalue weighted by Crippen LogP contribution is -2.48. The second-order valence-electron chi connectivity index (χ2n) is 3.11. The molecule has 0 rings (SSSR count). The first kappa shape index (κ1) is 13.7. The Morgan fingerprint density at radius 3 is 1.86 bits per heavy atom. The number of nitrogens with zero attached hydrogens (tertiary/aromatic N) is 1. The SMILES string of the molecule is CN([O-])CC(O)C(O)C(O)[C@H](O)CO. The molecule has 0 bridgehead atoms. The van der Waals surface area contributed by atoms with Crippen LogP contribution in [0.4, 0.5) is 0 Å². The number of likely N-dealkylation sites (N-methyl/N-ethyl adjacent to an activating group) is 1. The lowest BCUT2D eigenvalue weighted by Gasteiger charge is -2.30. The normalized spacial score (nSPS) is 20.6. The van der Waals surface area contributed by atoms with Crippen molar-refractivity contribution in [2.45, 2.75) is 24.4 Å². The van der Waals surface area contributed by atoms with E-state index in [9.17, 15) is 10.3 Å². The third kappa shape index (κ3) is 4.29. The van der Waals surface area contributed by atoms with Gasteiger partial charge in [-0.15, -0.1) is 0 Å². The quantitative estimate of drug-likeness (QED) is 0.293. The number of hydroxylamine groups is 2. The van der Waals surface area contributed by atoms with E-state index >= 15 is 0 Å². The molecule has 0 aliphatic carbocycles. The lowest BCUT2D eigenvalue weighted by atomic mass is 10.0. The highest BCUT2D eigenvalue weighted by Crippen LogP contribution is 2.05. The van der Waals surface area contributed by atoms with Crippen molar-refractivity contribution in [3.63, 3.8) is 0 Å². The van der Waals surface area contributed by atoms with Crippen LogP contribution in [-0.4, -0.2) is 75.2 Å². The molecule has 0 radical (unpaired) electrons. The molecule has 0 saturated carbocycles. The van der Waals surface area contributed by atoms with E-state index in [-0.39, 0.29) is 0 Å². The van der Waals surface area contributed by atoms with Gasteiger partial charge in [-0.05, 0) is 7.05 Å². The minimum Gasteiger partial charge on any atom is -0.785 e. The van der Waals surface area contributed by atoms with Crippen molar-refractivity contribution in [3.05, 3.63) is 5.21 Å². The molecule has 0 aliphatic heterocycles. The summed E-state index contributed by atoms with van der Waals surface area (Å²) in [6.45, 7) is -1.13. The highest BCUT2D eigenvalue weighted by Gasteiger charge is 2.29. The molecule has 0 heterocycles. The van der Waals surface area contributed by atoms with Gasteiger partial charge in [0.05, 0.1) is 12.7 Å². The van der Waals surface area contributed by atoms with Crippen LogP contribution in [-0.2, 0) is 0 Å². The first-order valence-electron chi connectivity index (χ1n) is 4.11. The number of hydrogen-bond acceptors (Lipinski definition) is 7. The fourth-order valence-corrected chi connectivity index (χ4v) is 0.935. The van der Waals surface area contributed by atoms with Crippen LogP contribution in [0.2, 0.25) is 0 Å². The molecule has 3 unspecified atom stereocenters. The van der Waals surface area contributed by atoms with E-state index in [1.54, 1.807) is 0 Å². The topological polar surface area (TPSA) is 127 Å². The summed E-state index contributed by atoms with van der Waals surface area (Å²) in [5, 5.41) is 55.7. The van der Waals surface area contributed by atoms with Gasteiger partial charge in [-0.3, -0.25) is 0 Å². The van der Waals surface area contributed by atoms with Crippen LogP contribution in [0, 0.1) is 5.21 Å². The Morgan fingerprint density at radius 1 is 1.07 bits per heavy atom. The maximum absolute atomic E-state index is 10.5. The molecule has 7 nitrogen and oxygen atoms in total. The van der Waals surface area contributed by atoms with Crippen molar-refractivity contribution in [1.82, 2.24) is 5.06 Å². The van der Waals surface area contributed by atoms with Crippen molar-refractivity contribution >= 4 is 0 Å². The lowest BCUT2D eigenvalue weighted by molar-refractivity contribution is -0.117. The molecule has 0 aromatic rings. The summed E-state index contributed by atoms with van der Waals surface area (Å²) < 4.78 is 0. The van der Waals surface area contributed by atoms with E-state index in [0.717, 1.165) is 7.05 Å². The monoisotopic (exact) mass is 210 g/mol. The third-order valence-electron chi connectivity index (χ3n) is 1.77. The molecular weight excluding hydrogens is 194 g/mol. The van der Waals surface area contributed by atoms with Crippen molar-refractivity contribution < 1.29 is 25.5 Å². The summed E-state index contributed by atoms with van der Waals surface area (Å²) in [6, 6.07) is 0. The molecule has 0 aliphatic rings. The van der Waals surface area contributed by atoms with E-state index in [1.165, 1.54) is 0 Å². The first-order chi connectivity index (χ1) is 6.40. The second-order valence-corrected chi connectivity index (χ2v) is 3.11. The van der Waals surface area contributed by atoms with Gasteiger partial charge >= 0.3 is 0 Å². The van der Waals surface area contributed by atoms with Gasteiger partial charge < -0.3 is 35.8 Å². The van der Waals surface area contributed by atoms with Gasteiger partial charge in [0.25, 0.3) is 0 Å². The number of hydrogen-bond donors (Lipinski definition) is 5. The van der Waals surface area contributed by atoms with Crippen LogP contribution in [0.5, 0.6) is 0 Å². The molecular formula is C7H16NO6-. The van der Waals surface area contributed by atoms with Gasteiger partial charge in [0.15, 0.2) is 0 Å². The minimum absolute atomic E-state index is 0.381. The zero-order chi connectivity index (χ0) is 11.3. The van der Waals surface area contributed by atoms with E-state index in [4.69, 9.17) is 20.4 Å². The predicted octanol–water partition coefficient (Wildman–Crippen LogP) is -3.15. The molecule has 4 atom stereocenters. The Kier molecular flexibility index (Phi) is 6.12. The number of aliphatic hydroxyl groups excluding tert-OH is 5. The molecule has 0 amide bonds. The summed E-state index contributed by atoms with van der Waals surface area (Å²) in [6.07, 6.45) is -6.38. The van der Waals surface area contributed by atoms with Gasteiger partial charge in [-0.25, -0.2) is 0 Å². The van der Waals surface area contributed by atoms with E-state index in [0.29, 0.717) is 5.06 Å². The average Bonchev–Trinajstić information content (AvgIpc) is 2.13. The largest absolute Gasteiger partial charge is 0.785 e. The van der Waals surface area contributed by atoms with Gasteiger partial charge in [0.1, 0.15) is 18.3 Å². The Balaban J connectivity index is 4.09. The van der Waals surface area contributed by atoms with Crippen molar-refractivity contribution in [2.24, 2.45) is 0 Å².